The van der Waals surface area contributed by atoms with Crippen LogP contribution >= 0.6 is 11.6 Å². The van der Waals surface area contributed by atoms with Crippen LogP contribution in [-0.2, 0) is 4.79 Å². The van der Waals surface area contributed by atoms with E-state index in [1.165, 1.54) is 0 Å². The maximum Gasteiger partial charge on any atom is 0.253 e. The molecule has 5 heteroatoms. The minimum absolute atomic E-state index is 0.00677. The van der Waals surface area contributed by atoms with Gasteiger partial charge in [-0.25, -0.2) is 0 Å². The van der Waals surface area contributed by atoms with Crippen molar-refractivity contribution in [2.45, 2.75) is 19.8 Å². The molecule has 1 N–H and O–H groups in total. The predicted octanol–water partition coefficient (Wildman–Crippen LogP) is 4.14. The summed E-state index contributed by atoms with van der Waals surface area (Å²) in [6, 6.07) is 14.6. The maximum atomic E-state index is 12.7. The average molecular weight is 357 g/mol. The standard InChI is InChI=1S/C20H21ClN2O2/c1-14-4-2-5-15(12-14)20(25)23-11-3-6-16(13-23)19(24)22-18-9-7-17(21)8-10-18/h2,4-5,7-10,12,16H,3,6,11,13H2,1H3,(H,22,24)/t16-/m0/s1. The van der Waals surface area contributed by atoms with Crippen molar-refractivity contribution in [1.29, 1.82) is 0 Å². The maximum absolute atomic E-state index is 12.7. The molecule has 2 aromatic carbocycles. The van der Waals surface area contributed by atoms with Gasteiger partial charge >= 0.3 is 0 Å². The first-order chi connectivity index (χ1) is 12.0. The van der Waals surface area contributed by atoms with Crippen molar-refractivity contribution in [2.24, 2.45) is 5.92 Å². The van der Waals surface area contributed by atoms with Gasteiger partial charge in [-0.1, -0.05) is 29.3 Å². The van der Waals surface area contributed by atoms with Crippen molar-refractivity contribution >= 4 is 29.1 Å². The first-order valence-corrected chi connectivity index (χ1v) is 8.83. The number of benzene rings is 2. The number of carbonyl (C=O) groups is 2. The molecule has 1 aliphatic rings. The Morgan fingerprint density at radius 3 is 2.64 bits per heavy atom. The summed E-state index contributed by atoms with van der Waals surface area (Å²) in [6.45, 7) is 3.11. The molecule has 1 fully saturated rings. The number of nitrogens with zero attached hydrogens (tertiary/aromatic N) is 1. The SMILES string of the molecule is Cc1cccc(C(=O)N2CCC[C@H](C(=O)Nc3ccc(Cl)cc3)C2)c1. The van der Waals surface area contributed by atoms with E-state index in [2.05, 4.69) is 5.32 Å². The summed E-state index contributed by atoms with van der Waals surface area (Å²) in [4.78, 5) is 27.0. The van der Waals surface area contributed by atoms with E-state index in [4.69, 9.17) is 11.6 Å². The number of hydrogen-bond donors (Lipinski definition) is 1. The molecule has 2 amide bonds. The van der Waals surface area contributed by atoms with Gasteiger partial charge in [-0.2, -0.15) is 0 Å². The van der Waals surface area contributed by atoms with Crippen molar-refractivity contribution in [3.05, 3.63) is 64.7 Å². The number of likely N-dealkylation sites (tertiary alicyclic amines) is 1. The molecule has 0 unspecified atom stereocenters. The highest BCUT2D eigenvalue weighted by molar-refractivity contribution is 6.30. The number of anilines is 1. The van der Waals surface area contributed by atoms with Gasteiger partial charge in [0.25, 0.3) is 5.91 Å². The Hall–Kier alpha value is -2.33. The monoisotopic (exact) mass is 356 g/mol. The lowest BCUT2D eigenvalue weighted by atomic mass is 9.96. The number of halogens is 1. The number of aryl methyl sites for hydroxylation is 1. The van der Waals surface area contributed by atoms with E-state index in [0.29, 0.717) is 23.7 Å². The Balaban J connectivity index is 1.65. The molecule has 1 heterocycles. The van der Waals surface area contributed by atoms with Gasteiger partial charge < -0.3 is 10.2 Å². The molecule has 0 aromatic heterocycles. The van der Waals surface area contributed by atoms with Gasteiger partial charge in [0.1, 0.15) is 0 Å². The highest BCUT2D eigenvalue weighted by Gasteiger charge is 2.29. The van der Waals surface area contributed by atoms with Crippen molar-refractivity contribution < 1.29 is 9.59 Å². The summed E-state index contributed by atoms with van der Waals surface area (Å²) < 4.78 is 0. The Morgan fingerprint density at radius 2 is 1.92 bits per heavy atom. The van der Waals surface area contributed by atoms with Gasteiger partial charge in [0, 0.05) is 29.4 Å². The smallest absolute Gasteiger partial charge is 0.253 e. The fraction of sp³-hybridized carbons (Fsp3) is 0.300. The van der Waals surface area contributed by atoms with Gasteiger partial charge in [0.05, 0.1) is 5.92 Å². The van der Waals surface area contributed by atoms with Crippen molar-refractivity contribution in [1.82, 2.24) is 4.90 Å². The molecular weight excluding hydrogens is 336 g/mol. The summed E-state index contributed by atoms with van der Waals surface area (Å²) in [6.07, 6.45) is 1.62. The quantitative estimate of drug-likeness (QED) is 0.898. The molecule has 0 bridgehead atoms. The number of amides is 2. The summed E-state index contributed by atoms with van der Waals surface area (Å²) in [5.41, 5.74) is 2.45. The fourth-order valence-electron chi connectivity index (χ4n) is 3.11. The number of hydrogen-bond acceptors (Lipinski definition) is 2. The van der Waals surface area contributed by atoms with Crippen LogP contribution in [0.3, 0.4) is 0 Å². The van der Waals surface area contributed by atoms with E-state index in [1.807, 2.05) is 31.2 Å². The largest absolute Gasteiger partial charge is 0.338 e. The molecular formula is C20H21ClN2O2. The summed E-state index contributed by atoms with van der Waals surface area (Å²) in [7, 11) is 0. The Bertz CT molecular complexity index is 774. The van der Waals surface area contributed by atoms with Crippen LogP contribution in [0, 0.1) is 12.8 Å². The molecule has 2 aromatic rings. The zero-order valence-electron chi connectivity index (χ0n) is 14.2. The van der Waals surface area contributed by atoms with E-state index in [1.54, 1.807) is 29.2 Å². The van der Waals surface area contributed by atoms with Crippen LogP contribution in [0.15, 0.2) is 48.5 Å². The number of piperidine rings is 1. The summed E-state index contributed by atoms with van der Waals surface area (Å²) >= 11 is 5.86. The molecule has 0 spiro atoms. The summed E-state index contributed by atoms with van der Waals surface area (Å²) in [5.74, 6) is -0.255. The third-order valence-electron chi connectivity index (χ3n) is 4.46. The lowest BCUT2D eigenvalue weighted by molar-refractivity contribution is -0.121. The van der Waals surface area contributed by atoms with Crippen LogP contribution in [0.2, 0.25) is 5.02 Å². The van der Waals surface area contributed by atoms with Gasteiger partial charge in [-0.15, -0.1) is 0 Å². The molecule has 0 aliphatic carbocycles. The van der Waals surface area contributed by atoms with Crippen molar-refractivity contribution in [3.63, 3.8) is 0 Å². The summed E-state index contributed by atoms with van der Waals surface area (Å²) in [5, 5.41) is 3.54. The van der Waals surface area contributed by atoms with Gasteiger partial charge in [-0.3, -0.25) is 9.59 Å². The van der Waals surface area contributed by atoms with Crippen LogP contribution in [-0.4, -0.2) is 29.8 Å². The van der Waals surface area contributed by atoms with Crippen LogP contribution in [0.25, 0.3) is 0 Å². The second-order valence-electron chi connectivity index (χ2n) is 6.46. The molecule has 1 aliphatic heterocycles. The molecule has 0 saturated carbocycles. The lowest BCUT2D eigenvalue weighted by Gasteiger charge is -2.32. The Kier molecular flexibility index (Phi) is 5.39. The third kappa shape index (κ3) is 4.40. The third-order valence-corrected chi connectivity index (χ3v) is 4.71. The Labute approximate surface area is 152 Å². The lowest BCUT2D eigenvalue weighted by Crippen LogP contribution is -2.43. The topological polar surface area (TPSA) is 49.4 Å². The molecule has 1 saturated heterocycles. The second-order valence-corrected chi connectivity index (χ2v) is 6.89. The predicted molar refractivity (Wildman–Crippen MR) is 99.9 cm³/mol. The van der Waals surface area contributed by atoms with Crippen molar-refractivity contribution in [2.75, 3.05) is 18.4 Å². The fourth-order valence-corrected chi connectivity index (χ4v) is 3.24. The minimum Gasteiger partial charge on any atom is -0.338 e. The number of nitrogens with one attached hydrogen (secondary N) is 1. The zero-order valence-corrected chi connectivity index (χ0v) is 14.9. The molecule has 25 heavy (non-hydrogen) atoms. The van der Waals surface area contributed by atoms with E-state index in [-0.39, 0.29) is 17.7 Å². The van der Waals surface area contributed by atoms with Crippen LogP contribution in [0.4, 0.5) is 5.69 Å². The van der Waals surface area contributed by atoms with Crippen molar-refractivity contribution in [3.8, 4) is 0 Å². The first kappa shape index (κ1) is 17.5. The number of rotatable bonds is 3. The van der Waals surface area contributed by atoms with Crippen LogP contribution in [0.1, 0.15) is 28.8 Å². The van der Waals surface area contributed by atoms with Gasteiger partial charge in [-0.05, 0) is 56.2 Å². The Morgan fingerprint density at radius 1 is 1.16 bits per heavy atom. The van der Waals surface area contributed by atoms with E-state index >= 15 is 0 Å². The normalized spacial score (nSPS) is 17.2. The van der Waals surface area contributed by atoms with Crippen LogP contribution in [0.5, 0.6) is 0 Å². The van der Waals surface area contributed by atoms with Gasteiger partial charge in [0.15, 0.2) is 0 Å². The minimum atomic E-state index is -0.196. The van der Waals surface area contributed by atoms with Crippen LogP contribution < -0.4 is 5.32 Å². The van der Waals surface area contributed by atoms with Gasteiger partial charge in [0.2, 0.25) is 5.91 Å². The molecule has 4 nitrogen and oxygen atoms in total. The highest BCUT2D eigenvalue weighted by Crippen LogP contribution is 2.21. The van der Waals surface area contributed by atoms with E-state index < -0.39 is 0 Å². The molecule has 3 rings (SSSR count). The average Bonchev–Trinajstić information content (AvgIpc) is 2.63. The molecule has 1 atom stereocenters. The molecule has 0 radical (unpaired) electrons. The molecule has 130 valence electrons. The van der Waals surface area contributed by atoms with E-state index in [9.17, 15) is 9.59 Å². The second kappa shape index (κ2) is 7.70. The zero-order chi connectivity index (χ0) is 17.8. The number of carbonyl (C=O) groups excluding carboxylic acids is 2. The highest BCUT2D eigenvalue weighted by atomic mass is 35.5. The van der Waals surface area contributed by atoms with E-state index in [0.717, 1.165) is 24.1 Å². The first-order valence-electron chi connectivity index (χ1n) is 8.45.